The Morgan fingerprint density at radius 2 is 2.04 bits per heavy atom. The number of benzene rings is 1. The summed E-state index contributed by atoms with van der Waals surface area (Å²) in [5.74, 6) is 1.42. The summed E-state index contributed by atoms with van der Waals surface area (Å²) in [5.41, 5.74) is 4.17. The SMILES string of the molecule is C[C@H](NC(=O)[C@H]1C[C@@H]1c1ccco1)c1ccc2c(c1)CCCC2. The maximum absolute atomic E-state index is 12.4. The number of carbonyl (C=O) groups is 1. The molecule has 1 saturated carbocycles. The van der Waals surface area contributed by atoms with Gasteiger partial charge in [-0.3, -0.25) is 4.79 Å². The van der Waals surface area contributed by atoms with Crippen LogP contribution in [-0.2, 0) is 17.6 Å². The molecule has 2 aromatic rings. The molecule has 23 heavy (non-hydrogen) atoms. The van der Waals surface area contributed by atoms with Crippen molar-refractivity contribution in [3.05, 3.63) is 59.0 Å². The smallest absolute Gasteiger partial charge is 0.224 e. The third-order valence-electron chi connectivity index (χ3n) is 5.27. The number of nitrogens with one attached hydrogen (secondary N) is 1. The lowest BCUT2D eigenvalue weighted by molar-refractivity contribution is -0.123. The summed E-state index contributed by atoms with van der Waals surface area (Å²) < 4.78 is 5.41. The van der Waals surface area contributed by atoms with Crippen LogP contribution in [0, 0.1) is 5.92 Å². The van der Waals surface area contributed by atoms with Gasteiger partial charge in [0.05, 0.1) is 12.3 Å². The van der Waals surface area contributed by atoms with E-state index in [9.17, 15) is 4.79 Å². The van der Waals surface area contributed by atoms with Gasteiger partial charge in [0, 0.05) is 11.8 Å². The lowest BCUT2D eigenvalue weighted by Gasteiger charge is -2.20. The maximum Gasteiger partial charge on any atom is 0.224 e. The van der Waals surface area contributed by atoms with Gasteiger partial charge in [-0.15, -0.1) is 0 Å². The summed E-state index contributed by atoms with van der Waals surface area (Å²) in [6.45, 7) is 2.08. The van der Waals surface area contributed by atoms with Crippen LogP contribution in [0.5, 0.6) is 0 Å². The summed E-state index contributed by atoms with van der Waals surface area (Å²) in [5, 5.41) is 3.18. The molecule has 1 aromatic carbocycles. The Morgan fingerprint density at radius 3 is 2.83 bits per heavy atom. The van der Waals surface area contributed by atoms with Gasteiger partial charge in [-0.25, -0.2) is 0 Å². The van der Waals surface area contributed by atoms with Crippen molar-refractivity contribution in [2.24, 2.45) is 5.92 Å². The first-order valence-electron chi connectivity index (χ1n) is 8.68. The van der Waals surface area contributed by atoms with Crippen molar-refractivity contribution >= 4 is 5.91 Å². The lowest BCUT2D eigenvalue weighted by Crippen LogP contribution is -2.28. The van der Waals surface area contributed by atoms with Crippen LogP contribution in [0.2, 0.25) is 0 Å². The Morgan fingerprint density at radius 1 is 1.22 bits per heavy atom. The first-order chi connectivity index (χ1) is 11.2. The number of rotatable bonds is 4. The molecule has 1 heterocycles. The molecule has 3 heteroatoms. The van der Waals surface area contributed by atoms with Crippen LogP contribution in [0.1, 0.15) is 60.6 Å². The molecular formula is C20H23NO2. The standard InChI is InChI=1S/C20H23NO2/c1-13(15-9-8-14-5-2-3-6-16(14)11-15)21-20(22)18-12-17(18)19-7-4-10-23-19/h4,7-11,13,17-18H,2-3,5-6,12H2,1H3,(H,21,22)/t13-,17-,18-/m0/s1. The fourth-order valence-electron chi connectivity index (χ4n) is 3.73. The molecule has 0 bridgehead atoms. The second-order valence-electron chi connectivity index (χ2n) is 6.93. The van der Waals surface area contributed by atoms with Gasteiger partial charge in [0.2, 0.25) is 5.91 Å². The quantitative estimate of drug-likeness (QED) is 0.922. The molecule has 4 rings (SSSR count). The Hall–Kier alpha value is -2.03. The number of furan rings is 1. The molecule has 0 spiro atoms. The summed E-state index contributed by atoms with van der Waals surface area (Å²) in [6.07, 6.45) is 7.53. The number of fused-ring (bicyclic) bond motifs is 1. The molecule has 3 atom stereocenters. The first-order valence-corrected chi connectivity index (χ1v) is 8.68. The summed E-state index contributed by atoms with van der Waals surface area (Å²) in [6, 6.07) is 10.6. The van der Waals surface area contributed by atoms with Crippen LogP contribution in [0.4, 0.5) is 0 Å². The third kappa shape index (κ3) is 2.92. The molecule has 0 radical (unpaired) electrons. The molecule has 3 nitrogen and oxygen atoms in total. The third-order valence-corrected chi connectivity index (χ3v) is 5.27. The average molecular weight is 309 g/mol. The van der Waals surface area contributed by atoms with E-state index in [1.165, 1.54) is 42.4 Å². The average Bonchev–Trinajstić information content (AvgIpc) is 3.20. The highest BCUT2D eigenvalue weighted by Crippen LogP contribution is 2.47. The number of aryl methyl sites for hydroxylation is 2. The van der Waals surface area contributed by atoms with Crippen LogP contribution in [0.25, 0.3) is 0 Å². The minimum absolute atomic E-state index is 0.0626. The van der Waals surface area contributed by atoms with E-state index in [1.807, 2.05) is 12.1 Å². The van der Waals surface area contributed by atoms with Crippen molar-refractivity contribution in [1.82, 2.24) is 5.32 Å². The molecule has 1 N–H and O–H groups in total. The van der Waals surface area contributed by atoms with Gasteiger partial charge >= 0.3 is 0 Å². The van der Waals surface area contributed by atoms with Crippen LogP contribution >= 0.6 is 0 Å². The van der Waals surface area contributed by atoms with Crippen molar-refractivity contribution < 1.29 is 9.21 Å². The Labute approximate surface area is 137 Å². The number of hydrogen-bond acceptors (Lipinski definition) is 2. The minimum Gasteiger partial charge on any atom is -0.469 e. The summed E-state index contributed by atoms with van der Waals surface area (Å²) in [4.78, 5) is 12.4. The molecule has 2 aliphatic rings. The largest absolute Gasteiger partial charge is 0.469 e. The zero-order valence-electron chi connectivity index (χ0n) is 13.5. The predicted octanol–water partition coefficient (Wildman–Crippen LogP) is 4.14. The Kier molecular flexibility index (Phi) is 3.72. The van der Waals surface area contributed by atoms with E-state index in [0.717, 1.165) is 12.2 Å². The highest BCUT2D eigenvalue weighted by atomic mass is 16.3. The number of amides is 1. The molecule has 0 aliphatic heterocycles. The normalized spacial score (nSPS) is 23.9. The lowest BCUT2D eigenvalue weighted by atomic mass is 9.89. The predicted molar refractivity (Wildman–Crippen MR) is 89.2 cm³/mol. The van der Waals surface area contributed by atoms with E-state index in [-0.39, 0.29) is 23.8 Å². The Bertz CT molecular complexity index is 704. The van der Waals surface area contributed by atoms with Crippen LogP contribution in [-0.4, -0.2) is 5.91 Å². The number of hydrogen-bond donors (Lipinski definition) is 1. The van der Waals surface area contributed by atoms with Crippen molar-refractivity contribution in [1.29, 1.82) is 0 Å². The molecule has 1 fully saturated rings. The van der Waals surface area contributed by atoms with Crippen LogP contribution < -0.4 is 5.32 Å². The van der Waals surface area contributed by atoms with Gasteiger partial charge in [-0.1, -0.05) is 18.2 Å². The molecule has 1 aromatic heterocycles. The summed E-state index contributed by atoms with van der Waals surface area (Å²) >= 11 is 0. The Balaban J connectivity index is 1.40. The van der Waals surface area contributed by atoms with Crippen LogP contribution in [0.3, 0.4) is 0 Å². The molecule has 0 unspecified atom stereocenters. The molecule has 1 amide bonds. The van der Waals surface area contributed by atoms with Crippen molar-refractivity contribution in [2.45, 2.75) is 51.0 Å². The van der Waals surface area contributed by atoms with Gasteiger partial charge in [0.25, 0.3) is 0 Å². The minimum atomic E-state index is 0.0626. The number of carbonyl (C=O) groups excluding carboxylic acids is 1. The van der Waals surface area contributed by atoms with E-state index in [4.69, 9.17) is 4.42 Å². The van der Waals surface area contributed by atoms with Crippen LogP contribution in [0.15, 0.2) is 41.0 Å². The fraction of sp³-hybridized carbons (Fsp3) is 0.450. The van der Waals surface area contributed by atoms with E-state index in [1.54, 1.807) is 6.26 Å². The first kappa shape index (κ1) is 14.6. The molecule has 120 valence electrons. The zero-order chi connectivity index (χ0) is 15.8. The van der Waals surface area contributed by atoms with E-state index >= 15 is 0 Å². The van der Waals surface area contributed by atoms with Crippen molar-refractivity contribution in [3.63, 3.8) is 0 Å². The fourth-order valence-corrected chi connectivity index (χ4v) is 3.73. The highest BCUT2D eigenvalue weighted by molar-refractivity contribution is 5.83. The summed E-state index contributed by atoms with van der Waals surface area (Å²) in [7, 11) is 0. The van der Waals surface area contributed by atoms with Gasteiger partial charge in [-0.05, 0) is 67.9 Å². The van der Waals surface area contributed by atoms with Gasteiger partial charge in [0.15, 0.2) is 0 Å². The monoisotopic (exact) mass is 309 g/mol. The van der Waals surface area contributed by atoms with Crippen molar-refractivity contribution in [3.8, 4) is 0 Å². The second kappa shape index (κ2) is 5.88. The zero-order valence-corrected chi connectivity index (χ0v) is 13.5. The van der Waals surface area contributed by atoms with Crippen molar-refractivity contribution in [2.75, 3.05) is 0 Å². The topological polar surface area (TPSA) is 42.2 Å². The van der Waals surface area contributed by atoms with Gasteiger partial charge in [-0.2, -0.15) is 0 Å². The van der Waals surface area contributed by atoms with Gasteiger partial charge < -0.3 is 9.73 Å². The van der Waals surface area contributed by atoms with E-state index in [2.05, 4.69) is 30.4 Å². The molecule has 0 saturated heterocycles. The second-order valence-corrected chi connectivity index (χ2v) is 6.93. The van der Waals surface area contributed by atoms with Gasteiger partial charge in [0.1, 0.15) is 5.76 Å². The highest BCUT2D eigenvalue weighted by Gasteiger charge is 2.46. The van der Waals surface area contributed by atoms with E-state index < -0.39 is 0 Å². The maximum atomic E-state index is 12.4. The molecular weight excluding hydrogens is 286 g/mol. The molecule has 2 aliphatic carbocycles. The van der Waals surface area contributed by atoms with E-state index in [0.29, 0.717) is 0 Å².